The number of hydrogen-bond donors (Lipinski definition) is 3. The predicted molar refractivity (Wildman–Crippen MR) is 161 cm³/mol. The predicted octanol–water partition coefficient (Wildman–Crippen LogP) is 4.29. The molecule has 1 aliphatic carbocycles. The first-order valence-corrected chi connectivity index (χ1v) is 16.6. The van der Waals surface area contributed by atoms with Crippen molar-refractivity contribution in [3.05, 3.63) is 64.4 Å². The van der Waals surface area contributed by atoms with Gasteiger partial charge >= 0.3 is 0 Å². The molecule has 4 N–H and O–H groups in total. The van der Waals surface area contributed by atoms with E-state index in [0.29, 0.717) is 35.8 Å². The molecule has 2 aromatic rings. The van der Waals surface area contributed by atoms with E-state index in [2.05, 4.69) is 10.6 Å². The van der Waals surface area contributed by atoms with Crippen molar-refractivity contribution >= 4 is 33.2 Å². The summed E-state index contributed by atoms with van der Waals surface area (Å²) in [5.74, 6) is -0.766. The smallest absolute Gasteiger partial charge is 0.241 e. The second-order valence-corrected chi connectivity index (χ2v) is 13.6. The Kier molecular flexibility index (Phi) is 11.2. The zero-order chi connectivity index (χ0) is 29.6. The second kappa shape index (κ2) is 14.4. The van der Waals surface area contributed by atoms with Gasteiger partial charge in [0, 0.05) is 48.4 Å². The number of anilines is 1. The number of piperazine rings is 1. The summed E-state index contributed by atoms with van der Waals surface area (Å²) in [6.07, 6.45) is 7.16. The number of benzene rings is 2. The maximum absolute atomic E-state index is 15.2. The van der Waals surface area contributed by atoms with Crippen LogP contribution in [0.4, 0.5) is 10.1 Å². The van der Waals surface area contributed by atoms with E-state index in [-0.39, 0.29) is 42.9 Å². The lowest BCUT2D eigenvalue weighted by Gasteiger charge is -2.40. The number of halogens is 2. The summed E-state index contributed by atoms with van der Waals surface area (Å²) in [5.41, 5.74) is 8.32. The van der Waals surface area contributed by atoms with Gasteiger partial charge < -0.3 is 21.1 Å². The van der Waals surface area contributed by atoms with E-state index in [9.17, 15) is 13.2 Å². The second-order valence-electron chi connectivity index (χ2n) is 11.3. The van der Waals surface area contributed by atoms with Crippen molar-refractivity contribution in [2.24, 2.45) is 11.7 Å². The van der Waals surface area contributed by atoms with Crippen molar-refractivity contribution in [3.63, 3.8) is 0 Å². The Morgan fingerprint density at radius 2 is 1.83 bits per heavy atom. The molecule has 8 nitrogen and oxygen atoms in total. The molecule has 1 saturated heterocycles. The minimum Gasteiger partial charge on any atom is -0.383 e. The summed E-state index contributed by atoms with van der Waals surface area (Å²) < 4.78 is 47.2. The minimum atomic E-state index is -3.53. The van der Waals surface area contributed by atoms with Gasteiger partial charge in [0.25, 0.3) is 0 Å². The fourth-order valence-corrected chi connectivity index (χ4v) is 8.09. The van der Waals surface area contributed by atoms with E-state index >= 15 is 4.39 Å². The van der Waals surface area contributed by atoms with Gasteiger partial charge in [0.1, 0.15) is 5.82 Å². The highest BCUT2D eigenvalue weighted by molar-refractivity contribution is 7.88. The van der Waals surface area contributed by atoms with Crippen molar-refractivity contribution in [1.29, 1.82) is 0 Å². The molecule has 1 heterocycles. The molecule has 4 atom stereocenters. The Hall–Kier alpha value is -2.08. The highest BCUT2D eigenvalue weighted by atomic mass is 35.5. The third-order valence-electron chi connectivity index (χ3n) is 8.43. The van der Waals surface area contributed by atoms with Crippen molar-refractivity contribution < 1.29 is 22.3 Å². The van der Waals surface area contributed by atoms with E-state index in [1.807, 2.05) is 24.3 Å². The molecule has 0 radical (unpaired) electrons. The van der Waals surface area contributed by atoms with Crippen LogP contribution in [0.1, 0.15) is 55.6 Å². The van der Waals surface area contributed by atoms with Crippen LogP contribution in [0.5, 0.6) is 0 Å². The van der Waals surface area contributed by atoms with E-state index in [4.69, 9.17) is 22.1 Å². The van der Waals surface area contributed by atoms with Crippen molar-refractivity contribution in [2.45, 2.75) is 69.0 Å². The molecule has 0 bridgehead atoms. The average Bonchev–Trinajstić information content (AvgIpc) is 2.94. The number of ether oxygens (including phenoxy) is 1. The number of methoxy groups -OCH3 is 1. The zero-order valence-corrected chi connectivity index (χ0v) is 25.4. The van der Waals surface area contributed by atoms with Crippen LogP contribution in [-0.2, 0) is 26.0 Å². The first-order chi connectivity index (χ1) is 19.6. The van der Waals surface area contributed by atoms with Crippen LogP contribution < -0.4 is 16.4 Å². The topological polar surface area (TPSA) is 114 Å². The van der Waals surface area contributed by atoms with Gasteiger partial charge in [0.05, 0.1) is 24.9 Å². The number of amides is 1. The van der Waals surface area contributed by atoms with Crippen LogP contribution in [0, 0.1) is 11.7 Å². The first kappa shape index (κ1) is 31.8. The van der Waals surface area contributed by atoms with Crippen LogP contribution in [-0.4, -0.2) is 69.8 Å². The largest absolute Gasteiger partial charge is 0.383 e. The Morgan fingerprint density at radius 3 is 2.49 bits per heavy atom. The molecule has 11 heteroatoms. The van der Waals surface area contributed by atoms with Crippen molar-refractivity contribution in [3.8, 4) is 0 Å². The van der Waals surface area contributed by atoms with Gasteiger partial charge in [-0.3, -0.25) is 4.79 Å². The van der Waals surface area contributed by atoms with Gasteiger partial charge in [-0.15, -0.1) is 0 Å². The average molecular weight is 609 g/mol. The fourth-order valence-electron chi connectivity index (χ4n) is 6.56. The first-order valence-electron chi connectivity index (χ1n) is 14.4. The zero-order valence-electron chi connectivity index (χ0n) is 23.8. The number of rotatable bonds is 11. The fraction of sp³-hybridized carbons (Fsp3) is 0.567. The molecule has 41 heavy (non-hydrogen) atoms. The number of nitrogens with zero attached hydrogens (tertiary/aromatic N) is 1. The van der Waals surface area contributed by atoms with Crippen LogP contribution in [0.25, 0.3) is 0 Å². The Labute approximate surface area is 248 Å². The molecule has 2 aliphatic rings. The van der Waals surface area contributed by atoms with Crippen molar-refractivity contribution in [1.82, 2.24) is 9.62 Å². The van der Waals surface area contributed by atoms with E-state index in [1.54, 1.807) is 12.1 Å². The monoisotopic (exact) mass is 608 g/mol. The summed E-state index contributed by atoms with van der Waals surface area (Å²) in [4.78, 5) is 13.6. The molecular weight excluding hydrogens is 567 g/mol. The minimum absolute atomic E-state index is 0.195. The highest BCUT2D eigenvalue weighted by Crippen LogP contribution is 2.38. The van der Waals surface area contributed by atoms with Crippen LogP contribution in [0.15, 0.2) is 42.5 Å². The standard InChI is InChI=1S/C30H42ClFN4O4S/c1-40-19-24-18-34-17-23(36(24)41(2,38)39)15-16-25-26(32)9-6-10-27(25)35-30(37)29(33)28(20-7-4-3-5-8-20)21-11-13-22(31)14-12-21/h6,9-14,20,23-24,28-29,34H,3-5,7-8,15-19,33H2,1-2H3,(H,35,37)/t23-,24?,28?,29-/m0/s1. The van der Waals surface area contributed by atoms with E-state index in [1.165, 1.54) is 30.2 Å². The Morgan fingerprint density at radius 1 is 1.15 bits per heavy atom. The maximum Gasteiger partial charge on any atom is 0.241 e. The molecule has 2 unspecified atom stereocenters. The molecule has 226 valence electrons. The van der Waals surface area contributed by atoms with Crippen molar-refractivity contribution in [2.75, 3.05) is 38.4 Å². The summed E-state index contributed by atoms with van der Waals surface area (Å²) in [6.45, 7) is 1.18. The lowest BCUT2D eigenvalue weighted by atomic mass is 9.73. The normalized spacial score (nSPS) is 22.3. The van der Waals surface area contributed by atoms with Gasteiger partial charge in [-0.1, -0.05) is 49.1 Å². The summed E-state index contributed by atoms with van der Waals surface area (Å²) >= 11 is 6.13. The third-order valence-corrected chi connectivity index (χ3v) is 10.0. The lowest BCUT2D eigenvalue weighted by molar-refractivity contribution is -0.118. The quantitative estimate of drug-likeness (QED) is 0.351. The van der Waals surface area contributed by atoms with Crippen LogP contribution in [0.2, 0.25) is 5.02 Å². The molecule has 0 aromatic heterocycles. The number of carbonyl (C=O) groups excluding carboxylic acids is 1. The molecule has 1 saturated carbocycles. The molecule has 0 spiro atoms. The number of nitrogens with two attached hydrogens (primary N) is 1. The summed E-state index contributed by atoms with van der Waals surface area (Å²) in [6, 6.07) is 10.5. The van der Waals surface area contributed by atoms with Gasteiger partial charge in [-0.25, -0.2) is 12.8 Å². The Bertz CT molecular complexity index is 1270. The van der Waals surface area contributed by atoms with Gasteiger partial charge in [0.2, 0.25) is 15.9 Å². The van der Waals surface area contributed by atoms with Gasteiger partial charge in [-0.2, -0.15) is 4.31 Å². The van der Waals surface area contributed by atoms with E-state index in [0.717, 1.165) is 31.2 Å². The van der Waals surface area contributed by atoms with Crippen LogP contribution in [0.3, 0.4) is 0 Å². The molecule has 1 aliphatic heterocycles. The number of hydrogen-bond acceptors (Lipinski definition) is 6. The molecule has 2 aromatic carbocycles. The molecule has 2 fully saturated rings. The van der Waals surface area contributed by atoms with E-state index < -0.39 is 21.9 Å². The Balaban J connectivity index is 1.53. The third kappa shape index (κ3) is 8.06. The SMILES string of the molecule is COCC1CNC[C@H](CCc2c(F)cccc2NC(=O)[C@@H](N)C(c2ccc(Cl)cc2)C2CCCCC2)N1S(C)(=O)=O. The van der Waals surface area contributed by atoms with Crippen LogP contribution >= 0.6 is 11.6 Å². The number of sulfonamides is 1. The highest BCUT2D eigenvalue weighted by Gasteiger charge is 2.37. The van der Waals surface area contributed by atoms with Gasteiger partial charge in [-0.05, 0) is 61.4 Å². The summed E-state index contributed by atoms with van der Waals surface area (Å²) in [7, 11) is -1.99. The molecule has 4 rings (SSSR count). The lowest BCUT2D eigenvalue weighted by Crippen LogP contribution is -2.60. The molecule has 1 amide bonds. The number of nitrogens with one attached hydrogen (secondary N) is 2. The molecular formula is C30H42ClFN4O4S. The summed E-state index contributed by atoms with van der Waals surface area (Å²) in [5, 5.41) is 6.81. The number of carbonyl (C=O) groups is 1. The maximum atomic E-state index is 15.2. The van der Waals surface area contributed by atoms with Gasteiger partial charge in [0.15, 0.2) is 0 Å².